The summed E-state index contributed by atoms with van der Waals surface area (Å²) in [7, 11) is 0. The number of benzene rings is 1. The Morgan fingerprint density at radius 3 is 2.62 bits per heavy atom. The molecule has 2 amide bonds. The number of nitrogens with zero attached hydrogens (tertiary/aromatic N) is 4. The van der Waals surface area contributed by atoms with Crippen LogP contribution in [-0.2, 0) is 16.1 Å². The number of aromatic nitrogens is 2. The zero-order chi connectivity index (χ0) is 23.8. The van der Waals surface area contributed by atoms with Crippen molar-refractivity contribution in [1.29, 1.82) is 0 Å². The molecule has 0 spiro atoms. The van der Waals surface area contributed by atoms with E-state index in [0.717, 1.165) is 58.3 Å². The van der Waals surface area contributed by atoms with Gasteiger partial charge in [0.25, 0.3) is 0 Å². The number of likely N-dealkylation sites (tertiary alicyclic amines) is 2. The average Bonchev–Trinajstić information content (AvgIpc) is 3.37. The van der Waals surface area contributed by atoms with Crippen LogP contribution in [0.15, 0.2) is 42.7 Å². The van der Waals surface area contributed by atoms with Gasteiger partial charge in [0, 0.05) is 68.4 Å². The van der Waals surface area contributed by atoms with Gasteiger partial charge in [0.1, 0.15) is 5.75 Å². The smallest absolute Gasteiger partial charge is 0.223 e. The van der Waals surface area contributed by atoms with Crippen LogP contribution in [0.1, 0.15) is 51.4 Å². The molecule has 0 radical (unpaired) electrons. The Labute approximate surface area is 207 Å². The molecule has 2 saturated heterocycles. The van der Waals surface area contributed by atoms with Crippen LogP contribution in [0, 0.1) is 5.41 Å². The van der Waals surface area contributed by atoms with Gasteiger partial charge in [-0.1, -0.05) is 17.7 Å². The monoisotopic (exact) mass is 486 g/mol. The van der Waals surface area contributed by atoms with Gasteiger partial charge in [-0.15, -0.1) is 0 Å². The first-order valence-corrected chi connectivity index (χ1v) is 12.8. The first-order chi connectivity index (χ1) is 16.5. The minimum Gasteiger partial charge on any atom is -0.493 e. The highest BCUT2D eigenvalue weighted by atomic mass is 35.5. The number of piperidine rings is 2. The highest BCUT2D eigenvalue weighted by Crippen LogP contribution is 2.36. The zero-order valence-electron chi connectivity index (χ0n) is 19.8. The quantitative estimate of drug-likeness (QED) is 0.526. The van der Waals surface area contributed by atoms with Crippen LogP contribution >= 0.6 is 11.6 Å². The van der Waals surface area contributed by atoms with Crippen LogP contribution in [-0.4, -0.2) is 64.2 Å². The largest absolute Gasteiger partial charge is 0.493 e. The summed E-state index contributed by atoms with van der Waals surface area (Å²) < 4.78 is 8.02. The SMILES string of the molecule is O=C(C[C@@]1(COc2cccc(Cl)c2)CCCN(C(=O)CCCn2cccn2)C1)N1CCCCC1. The molecule has 1 aromatic heterocycles. The molecule has 34 heavy (non-hydrogen) atoms. The van der Waals surface area contributed by atoms with Gasteiger partial charge in [0.05, 0.1) is 6.61 Å². The number of halogens is 1. The standard InChI is InChI=1S/C26H35ClN4O3/c27-22-8-4-9-23(18-22)34-21-26(19-25(33)29-13-2-1-3-14-29)11-6-15-30(20-26)24(32)10-5-16-31-17-7-12-28-31/h4,7-9,12,17-18H,1-3,5-6,10-11,13-16,19-21H2/t26-/m0/s1. The molecule has 2 fully saturated rings. The summed E-state index contributed by atoms with van der Waals surface area (Å²) in [5.74, 6) is 1.02. The Kier molecular flexibility index (Phi) is 8.48. The summed E-state index contributed by atoms with van der Waals surface area (Å²) in [5, 5.41) is 4.83. The summed E-state index contributed by atoms with van der Waals surface area (Å²) in [6, 6.07) is 9.24. The molecule has 4 rings (SSSR count). The molecule has 3 heterocycles. The molecule has 0 saturated carbocycles. The number of carbonyl (C=O) groups excluding carboxylic acids is 2. The van der Waals surface area contributed by atoms with Crippen LogP contribution in [0.2, 0.25) is 5.02 Å². The average molecular weight is 487 g/mol. The lowest BCUT2D eigenvalue weighted by molar-refractivity contribution is -0.142. The van der Waals surface area contributed by atoms with Crippen molar-refractivity contribution in [1.82, 2.24) is 19.6 Å². The fourth-order valence-electron chi connectivity index (χ4n) is 5.09. The van der Waals surface area contributed by atoms with E-state index in [4.69, 9.17) is 16.3 Å². The van der Waals surface area contributed by atoms with Crippen LogP contribution in [0.4, 0.5) is 0 Å². The number of amides is 2. The number of ether oxygens (including phenoxy) is 1. The number of carbonyl (C=O) groups is 2. The molecule has 7 nitrogen and oxygen atoms in total. The molecular formula is C26H35ClN4O3. The Balaban J connectivity index is 1.41. The van der Waals surface area contributed by atoms with Gasteiger partial charge in [0.2, 0.25) is 11.8 Å². The molecule has 0 aliphatic carbocycles. The minimum atomic E-state index is -0.396. The van der Waals surface area contributed by atoms with Crippen molar-refractivity contribution in [2.75, 3.05) is 32.8 Å². The molecule has 184 valence electrons. The number of rotatable bonds is 9. The molecule has 2 aliphatic heterocycles. The van der Waals surface area contributed by atoms with E-state index in [1.54, 1.807) is 12.3 Å². The fourth-order valence-corrected chi connectivity index (χ4v) is 5.27. The third-order valence-corrected chi connectivity index (χ3v) is 7.16. The van der Waals surface area contributed by atoms with E-state index >= 15 is 0 Å². The maximum Gasteiger partial charge on any atom is 0.223 e. The van der Waals surface area contributed by atoms with Crippen molar-refractivity contribution in [3.63, 3.8) is 0 Å². The van der Waals surface area contributed by atoms with Crippen molar-refractivity contribution < 1.29 is 14.3 Å². The lowest BCUT2D eigenvalue weighted by atomic mass is 9.77. The van der Waals surface area contributed by atoms with Crippen molar-refractivity contribution in [3.8, 4) is 5.75 Å². The van der Waals surface area contributed by atoms with Gasteiger partial charge in [-0.05, 0) is 62.8 Å². The Bertz CT molecular complexity index is 945. The summed E-state index contributed by atoms with van der Waals surface area (Å²) in [5.41, 5.74) is -0.396. The second kappa shape index (κ2) is 11.7. The Morgan fingerprint density at radius 1 is 1.03 bits per heavy atom. The predicted molar refractivity (Wildman–Crippen MR) is 132 cm³/mol. The third kappa shape index (κ3) is 6.75. The molecule has 0 N–H and O–H groups in total. The van der Waals surface area contributed by atoms with Crippen molar-refractivity contribution in [2.45, 2.75) is 57.9 Å². The van der Waals surface area contributed by atoms with E-state index < -0.39 is 5.41 Å². The normalized spacial score (nSPS) is 20.9. The molecule has 1 aromatic carbocycles. The lowest BCUT2D eigenvalue weighted by Gasteiger charge is -2.43. The molecular weight excluding hydrogens is 452 g/mol. The highest BCUT2D eigenvalue weighted by Gasteiger charge is 2.40. The van der Waals surface area contributed by atoms with Crippen LogP contribution < -0.4 is 4.74 Å². The molecule has 0 bridgehead atoms. The molecule has 0 unspecified atom stereocenters. The van der Waals surface area contributed by atoms with E-state index in [1.807, 2.05) is 44.9 Å². The minimum absolute atomic E-state index is 0.143. The highest BCUT2D eigenvalue weighted by molar-refractivity contribution is 6.30. The summed E-state index contributed by atoms with van der Waals surface area (Å²) in [6.45, 7) is 4.07. The second-order valence-corrected chi connectivity index (χ2v) is 10.1. The van der Waals surface area contributed by atoms with Gasteiger partial charge >= 0.3 is 0 Å². The van der Waals surface area contributed by atoms with Crippen molar-refractivity contribution in [2.24, 2.45) is 5.41 Å². The molecule has 1 atom stereocenters. The van der Waals surface area contributed by atoms with Crippen LogP contribution in [0.3, 0.4) is 0 Å². The number of aryl methyl sites for hydroxylation is 1. The Hall–Kier alpha value is -2.54. The van der Waals surface area contributed by atoms with Crippen molar-refractivity contribution in [3.05, 3.63) is 47.7 Å². The number of hydrogen-bond donors (Lipinski definition) is 0. The van der Waals surface area contributed by atoms with Gasteiger partial charge in [0.15, 0.2) is 0 Å². The van der Waals surface area contributed by atoms with Crippen LogP contribution in [0.25, 0.3) is 0 Å². The molecule has 8 heteroatoms. The van der Waals surface area contributed by atoms with E-state index in [2.05, 4.69) is 5.10 Å². The van der Waals surface area contributed by atoms with Gasteiger partial charge in [-0.3, -0.25) is 14.3 Å². The third-order valence-electron chi connectivity index (χ3n) is 6.93. The topological polar surface area (TPSA) is 67.7 Å². The van der Waals surface area contributed by atoms with Gasteiger partial charge in [-0.2, -0.15) is 5.10 Å². The molecule has 2 aliphatic rings. The summed E-state index contributed by atoms with van der Waals surface area (Å²) in [4.78, 5) is 30.3. The first kappa shape index (κ1) is 24.6. The molecule has 2 aromatic rings. The number of hydrogen-bond acceptors (Lipinski definition) is 4. The fraction of sp³-hybridized carbons (Fsp3) is 0.577. The van der Waals surface area contributed by atoms with Gasteiger partial charge < -0.3 is 14.5 Å². The lowest BCUT2D eigenvalue weighted by Crippen LogP contribution is -2.51. The van der Waals surface area contributed by atoms with E-state index in [-0.39, 0.29) is 11.8 Å². The van der Waals surface area contributed by atoms with Gasteiger partial charge in [-0.25, -0.2) is 0 Å². The van der Waals surface area contributed by atoms with E-state index in [9.17, 15) is 9.59 Å². The van der Waals surface area contributed by atoms with Crippen LogP contribution in [0.5, 0.6) is 5.75 Å². The zero-order valence-corrected chi connectivity index (χ0v) is 20.6. The maximum absolute atomic E-state index is 13.3. The summed E-state index contributed by atoms with van der Waals surface area (Å²) >= 11 is 6.14. The summed E-state index contributed by atoms with van der Waals surface area (Å²) in [6.07, 6.45) is 10.4. The predicted octanol–water partition coefficient (Wildman–Crippen LogP) is 4.41. The second-order valence-electron chi connectivity index (χ2n) is 9.66. The maximum atomic E-state index is 13.3. The van der Waals surface area contributed by atoms with Crippen molar-refractivity contribution >= 4 is 23.4 Å². The van der Waals surface area contributed by atoms with E-state index in [1.165, 1.54) is 6.42 Å². The van der Waals surface area contributed by atoms with E-state index in [0.29, 0.717) is 36.8 Å². The first-order valence-electron chi connectivity index (χ1n) is 12.4. The Morgan fingerprint density at radius 2 is 1.85 bits per heavy atom.